The number of hydrogen-bond donors (Lipinski definition) is 1. The van der Waals surface area contributed by atoms with Gasteiger partial charge < -0.3 is 10.2 Å². The van der Waals surface area contributed by atoms with Gasteiger partial charge in [0.05, 0.1) is 12.6 Å². The van der Waals surface area contributed by atoms with Crippen molar-refractivity contribution < 1.29 is 4.79 Å². The van der Waals surface area contributed by atoms with Crippen LogP contribution in [0, 0.1) is 6.54 Å². The molecule has 0 aromatic heterocycles. The van der Waals surface area contributed by atoms with Gasteiger partial charge in [-0.3, -0.25) is 0 Å². The molecule has 1 rings (SSSR count). The first-order valence-corrected chi connectivity index (χ1v) is 2.58. The lowest BCUT2D eigenvalue weighted by Crippen LogP contribution is -2.24. The fourth-order valence-corrected chi connectivity index (χ4v) is 0.737. The van der Waals surface area contributed by atoms with Crippen molar-refractivity contribution in [3.8, 4) is 0 Å². The van der Waals surface area contributed by atoms with Gasteiger partial charge >= 0.3 is 6.03 Å². The first-order valence-electron chi connectivity index (χ1n) is 2.58. The molecule has 1 radical (unpaired) electrons. The zero-order valence-corrected chi connectivity index (χ0v) is 5.01. The first kappa shape index (κ1) is 5.41. The quantitative estimate of drug-likeness (QED) is 0.478. The number of likely N-dealkylation sites (N-methyl/N-ethyl adjacent to an activating group) is 1. The van der Waals surface area contributed by atoms with Crippen molar-refractivity contribution in [3.05, 3.63) is 6.54 Å². The smallest absolute Gasteiger partial charge is 0.317 e. The highest BCUT2D eigenvalue weighted by Crippen LogP contribution is 2.03. The van der Waals surface area contributed by atoms with Gasteiger partial charge in [0, 0.05) is 7.05 Å². The Labute approximate surface area is 48.7 Å². The van der Waals surface area contributed by atoms with Crippen LogP contribution in [0.25, 0.3) is 0 Å². The maximum atomic E-state index is 10.6. The van der Waals surface area contributed by atoms with Crippen LogP contribution in [-0.2, 0) is 0 Å². The molecule has 1 heterocycles. The molecule has 1 aliphatic heterocycles. The lowest BCUT2D eigenvalue weighted by atomic mass is 10.4. The molecule has 0 aromatic carbocycles. The molecule has 45 valence electrons. The minimum atomic E-state index is -0.0162. The SMILES string of the molecule is CC1[CH]N(C)C(=O)N1. The third-order valence-corrected chi connectivity index (χ3v) is 1.12. The summed E-state index contributed by atoms with van der Waals surface area (Å²) >= 11 is 0. The highest BCUT2D eigenvalue weighted by Gasteiger charge is 2.21. The summed E-state index contributed by atoms with van der Waals surface area (Å²) in [5.41, 5.74) is 0. The van der Waals surface area contributed by atoms with E-state index in [1.807, 2.05) is 13.5 Å². The largest absolute Gasteiger partial charge is 0.333 e. The molecule has 0 aliphatic carbocycles. The lowest BCUT2D eigenvalue weighted by Gasteiger charge is -2.01. The van der Waals surface area contributed by atoms with Crippen molar-refractivity contribution in [3.63, 3.8) is 0 Å². The molecule has 0 saturated carbocycles. The molecule has 1 fully saturated rings. The molecule has 1 saturated heterocycles. The van der Waals surface area contributed by atoms with E-state index >= 15 is 0 Å². The molecule has 1 N–H and O–H groups in total. The van der Waals surface area contributed by atoms with Crippen molar-refractivity contribution in [1.82, 2.24) is 10.2 Å². The average molecular weight is 113 g/mol. The van der Waals surface area contributed by atoms with Crippen molar-refractivity contribution in [2.45, 2.75) is 13.0 Å². The molecular formula is C5H9N2O. The number of urea groups is 1. The maximum Gasteiger partial charge on any atom is 0.317 e. The van der Waals surface area contributed by atoms with Crippen LogP contribution in [0.4, 0.5) is 4.79 Å². The zero-order valence-electron chi connectivity index (χ0n) is 5.01. The van der Waals surface area contributed by atoms with Crippen LogP contribution in [0.3, 0.4) is 0 Å². The van der Waals surface area contributed by atoms with E-state index in [9.17, 15) is 4.79 Å². The standard InChI is InChI=1S/C5H9N2O/c1-4-3-7(2)5(8)6-4/h3-4H,1-2H3,(H,6,8). The molecule has 3 heteroatoms. The molecule has 0 bridgehead atoms. The molecule has 1 aliphatic rings. The van der Waals surface area contributed by atoms with Crippen LogP contribution in [-0.4, -0.2) is 24.0 Å². The summed E-state index contributed by atoms with van der Waals surface area (Å²) in [7, 11) is 1.73. The third-order valence-electron chi connectivity index (χ3n) is 1.12. The third kappa shape index (κ3) is 0.757. The van der Waals surface area contributed by atoms with Crippen LogP contribution in [0.15, 0.2) is 0 Å². The van der Waals surface area contributed by atoms with E-state index in [0.717, 1.165) is 0 Å². The van der Waals surface area contributed by atoms with E-state index in [1.165, 1.54) is 0 Å². The summed E-state index contributed by atoms with van der Waals surface area (Å²) in [5, 5.41) is 2.70. The summed E-state index contributed by atoms with van der Waals surface area (Å²) in [6.45, 7) is 3.77. The van der Waals surface area contributed by atoms with Crippen LogP contribution in [0.5, 0.6) is 0 Å². The van der Waals surface area contributed by atoms with Gasteiger partial charge in [-0.25, -0.2) is 4.79 Å². The molecule has 0 spiro atoms. The van der Waals surface area contributed by atoms with E-state index in [-0.39, 0.29) is 12.1 Å². The van der Waals surface area contributed by atoms with Gasteiger partial charge in [0.2, 0.25) is 0 Å². The first-order chi connectivity index (χ1) is 3.70. The van der Waals surface area contributed by atoms with Crippen LogP contribution >= 0.6 is 0 Å². The molecule has 0 aromatic rings. The highest BCUT2D eigenvalue weighted by atomic mass is 16.2. The number of carbonyl (C=O) groups is 1. The molecule has 8 heavy (non-hydrogen) atoms. The Balaban J connectivity index is 2.51. The van der Waals surface area contributed by atoms with Crippen molar-refractivity contribution in [2.75, 3.05) is 7.05 Å². The summed E-state index contributed by atoms with van der Waals surface area (Å²) in [6.07, 6.45) is 0. The maximum absolute atomic E-state index is 10.6. The average Bonchev–Trinajstić information content (AvgIpc) is 1.85. The molecule has 1 atom stereocenters. The predicted octanol–water partition coefficient (Wildman–Crippen LogP) is 0.192. The summed E-state index contributed by atoms with van der Waals surface area (Å²) < 4.78 is 0. The summed E-state index contributed by atoms with van der Waals surface area (Å²) in [5.74, 6) is 0. The Bertz CT molecular complexity index is 113. The number of carbonyl (C=O) groups excluding carboxylic acids is 1. The second-order valence-corrected chi connectivity index (χ2v) is 2.00. The minimum absolute atomic E-state index is 0.0162. The molecule has 2 amide bonds. The Kier molecular flexibility index (Phi) is 1.12. The Morgan fingerprint density at radius 2 is 2.50 bits per heavy atom. The van der Waals surface area contributed by atoms with Gasteiger partial charge in [-0.05, 0) is 6.92 Å². The van der Waals surface area contributed by atoms with E-state index in [0.29, 0.717) is 0 Å². The van der Waals surface area contributed by atoms with Crippen molar-refractivity contribution in [1.29, 1.82) is 0 Å². The summed E-state index contributed by atoms with van der Waals surface area (Å²) in [6, 6.07) is 0.185. The number of rotatable bonds is 0. The predicted molar refractivity (Wildman–Crippen MR) is 30.1 cm³/mol. The van der Waals surface area contributed by atoms with Gasteiger partial charge in [0.25, 0.3) is 0 Å². The van der Waals surface area contributed by atoms with Gasteiger partial charge in [-0.15, -0.1) is 0 Å². The number of hydrogen-bond acceptors (Lipinski definition) is 1. The number of nitrogens with zero attached hydrogens (tertiary/aromatic N) is 1. The van der Waals surface area contributed by atoms with Gasteiger partial charge in [-0.1, -0.05) is 0 Å². The Hall–Kier alpha value is -0.730. The monoisotopic (exact) mass is 113 g/mol. The molecular weight excluding hydrogens is 104 g/mol. The fourth-order valence-electron chi connectivity index (χ4n) is 0.737. The van der Waals surface area contributed by atoms with Crippen LogP contribution in [0.2, 0.25) is 0 Å². The van der Waals surface area contributed by atoms with E-state index < -0.39 is 0 Å². The van der Waals surface area contributed by atoms with Gasteiger partial charge in [0.1, 0.15) is 0 Å². The fraction of sp³-hybridized carbons (Fsp3) is 0.600. The second kappa shape index (κ2) is 1.65. The number of nitrogens with one attached hydrogen (secondary N) is 1. The van der Waals surface area contributed by atoms with E-state index in [2.05, 4.69) is 5.32 Å². The van der Waals surface area contributed by atoms with Crippen LogP contribution in [0.1, 0.15) is 6.92 Å². The normalized spacial score (nSPS) is 28.5. The summed E-state index contributed by atoms with van der Waals surface area (Å²) in [4.78, 5) is 12.1. The Morgan fingerprint density at radius 3 is 2.62 bits per heavy atom. The number of amides is 2. The van der Waals surface area contributed by atoms with Crippen LogP contribution < -0.4 is 5.32 Å². The van der Waals surface area contributed by atoms with Crippen molar-refractivity contribution >= 4 is 6.03 Å². The topological polar surface area (TPSA) is 32.3 Å². The lowest BCUT2D eigenvalue weighted by molar-refractivity contribution is 0.229. The van der Waals surface area contributed by atoms with Gasteiger partial charge in [-0.2, -0.15) is 0 Å². The second-order valence-electron chi connectivity index (χ2n) is 2.00. The minimum Gasteiger partial charge on any atom is -0.333 e. The van der Waals surface area contributed by atoms with E-state index in [1.54, 1.807) is 11.9 Å². The zero-order chi connectivity index (χ0) is 6.15. The van der Waals surface area contributed by atoms with E-state index in [4.69, 9.17) is 0 Å². The van der Waals surface area contributed by atoms with Crippen molar-refractivity contribution in [2.24, 2.45) is 0 Å². The molecule has 1 unspecified atom stereocenters. The van der Waals surface area contributed by atoms with Gasteiger partial charge in [0.15, 0.2) is 0 Å². The highest BCUT2D eigenvalue weighted by molar-refractivity contribution is 5.77. The molecule has 3 nitrogen and oxygen atoms in total. The Morgan fingerprint density at radius 1 is 1.88 bits per heavy atom.